The molecule has 0 aliphatic heterocycles. The molecule has 94 valence electrons. The van der Waals surface area contributed by atoms with Crippen molar-refractivity contribution < 1.29 is 10.2 Å². The molecule has 0 saturated carbocycles. The zero-order valence-electron chi connectivity index (χ0n) is 9.76. The molecule has 0 radical (unpaired) electrons. The fraction of sp³-hybridized carbons (Fsp3) is 0.154. The second-order valence-corrected chi connectivity index (χ2v) is 4.37. The molecular weight excluding hydrogens is 252 g/mol. The van der Waals surface area contributed by atoms with Crippen LogP contribution in [0, 0.1) is 0 Å². The summed E-state index contributed by atoms with van der Waals surface area (Å²) in [7, 11) is 0. The van der Waals surface area contributed by atoms with Gasteiger partial charge < -0.3 is 15.5 Å². The highest BCUT2D eigenvalue weighted by Gasteiger charge is 2.11. The van der Waals surface area contributed by atoms with Crippen molar-refractivity contribution in [2.45, 2.75) is 13.0 Å². The van der Waals surface area contributed by atoms with Crippen LogP contribution in [-0.2, 0) is 0 Å². The van der Waals surface area contributed by atoms with E-state index in [0.717, 1.165) is 5.69 Å². The van der Waals surface area contributed by atoms with E-state index >= 15 is 0 Å². The van der Waals surface area contributed by atoms with Gasteiger partial charge in [0.15, 0.2) is 0 Å². The summed E-state index contributed by atoms with van der Waals surface area (Å²) in [6.07, 6.45) is 1.61. The van der Waals surface area contributed by atoms with E-state index in [2.05, 4.69) is 10.3 Å². The number of pyridine rings is 1. The van der Waals surface area contributed by atoms with Gasteiger partial charge in [-0.15, -0.1) is 0 Å². The molecule has 1 unspecified atom stereocenters. The van der Waals surface area contributed by atoms with Crippen molar-refractivity contribution in [3.8, 4) is 11.5 Å². The SMILES string of the molecule is CC(Nc1ccc(Cl)nc1)c1cc(O)ccc1O. The number of nitrogens with zero attached hydrogens (tertiary/aromatic N) is 1. The molecule has 0 aliphatic carbocycles. The highest BCUT2D eigenvalue weighted by molar-refractivity contribution is 6.29. The van der Waals surface area contributed by atoms with E-state index in [1.165, 1.54) is 18.2 Å². The van der Waals surface area contributed by atoms with E-state index in [9.17, 15) is 10.2 Å². The Bertz CT molecular complexity index is 543. The maximum Gasteiger partial charge on any atom is 0.129 e. The highest BCUT2D eigenvalue weighted by Crippen LogP contribution is 2.29. The first-order valence-electron chi connectivity index (χ1n) is 5.46. The third kappa shape index (κ3) is 2.84. The minimum absolute atomic E-state index is 0.116. The lowest BCUT2D eigenvalue weighted by atomic mass is 10.1. The molecule has 0 bridgehead atoms. The number of hydrogen-bond acceptors (Lipinski definition) is 4. The topological polar surface area (TPSA) is 65.4 Å². The van der Waals surface area contributed by atoms with Gasteiger partial charge in [-0.2, -0.15) is 0 Å². The molecule has 0 aliphatic rings. The minimum atomic E-state index is -0.167. The number of phenols is 2. The molecule has 2 rings (SSSR count). The summed E-state index contributed by atoms with van der Waals surface area (Å²) >= 11 is 5.70. The summed E-state index contributed by atoms with van der Waals surface area (Å²) in [5.74, 6) is 0.250. The van der Waals surface area contributed by atoms with Crippen molar-refractivity contribution in [2.75, 3.05) is 5.32 Å². The van der Waals surface area contributed by atoms with Gasteiger partial charge in [-0.1, -0.05) is 11.6 Å². The van der Waals surface area contributed by atoms with Crippen molar-refractivity contribution in [2.24, 2.45) is 0 Å². The molecule has 1 heterocycles. The number of anilines is 1. The Morgan fingerprint density at radius 2 is 2.00 bits per heavy atom. The third-order valence-electron chi connectivity index (χ3n) is 2.59. The first-order chi connectivity index (χ1) is 8.56. The number of nitrogens with one attached hydrogen (secondary N) is 1. The fourth-order valence-electron chi connectivity index (χ4n) is 1.68. The minimum Gasteiger partial charge on any atom is -0.508 e. The Balaban J connectivity index is 2.18. The Morgan fingerprint density at radius 1 is 1.22 bits per heavy atom. The van der Waals surface area contributed by atoms with Crippen LogP contribution >= 0.6 is 11.6 Å². The lowest BCUT2D eigenvalue weighted by Crippen LogP contribution is -2.06. The molecule has 0 spiro atoms. The Hall–Kier alpha value is -1.94. The Kier molecular flexibility index (Phi) is 3.58. The summed E-state index contributed by atoms with van der Waals surface area (Å²) in [5, 5.41) is 22.7. The van der Waals surface area contributed by atoms with Gasteiger partial charge in [0.2, 0.25) is 0 Å². The number of phenolic OH excluding ortho intramolecular Hbond substituents is 2. The maximum absolute atomic E-state index is 9.74. The van der Waals surface area contributed by atoms with Crippen molar-refractivity contribution in [1.82, 2.24) is 4.98 Å². The predicted molar refractivity (Wildman–Crippen MR) is 71.1 cm³/mol. The first kappa shape index (κ1) is 12.5. The summed E-state index contributed by atoms with van der Waals surface area (Å²) in [6.45, 7) is 1.88. The molecule has 5 heteroatoms. The van der Waals surface area contributed by atoms with Gasteiger partial charge in [-0.05, 0) is 37.3 Å². The van der Waals surface area contributed by atoms with Gasteiger partial charge in [0, 0.05) is 5.56 Å². The van der Waals surface area contributed by atoms with E-state index in [-0.39, 0.29) is 17.5 Å². The van der Waals surface area contributed by atoms with Crippen LogP contribution < -0.4 is 5.32 Å². The van der Waals surface area contributed by atoms with Crippen LogP contribution in [0.15, 0.2) is 36.5 Å². The lowest BCUT2D eigenvalue weighted by molar-refractivity contribution is 0.451. The maximum atomic E-state index is 9.74. The average molecular weight is 265 g/mol. The van der Waals surface area contributed by atoms with Gasteiger partial charge in [0.1, 0.15) is 16.7 Å². The van der Waals surface area contributed by atoms with Crippen LogP contribution in [-0.4, -0.2) is 15.2 Å². The van der Waals surface area contributed by atoms with Gasteiger partial charge in [-0.25, -0.2) is 4.98 Å². The molecular formula is C13H13ClN2O2. The molecule has 0 saturated heterocycles. The molecule has 0 fully saturated rings. The fourth-order valence-corrected chi connectivity index (χ4v) is 1.79. The first-order valence-corrected chi connectivity index (χ1v) is 5.84. The predicted octanol–water partition coefficient (Wildman–Crippen LogP) is 3.32. The summed E-state index contributed by atoms with van der Waals surface area (Å²) in [5.41, 5.74) is 1.40. The molecule has 1 atom stereocenters. The van der Waals surface area contributed by atoms with Crippen LogP contribution in [0.1, 0.15) is 18.5 Å². The smallest absolute Gasteiger partial charge is 0.129 e. The van der Waals surface area contributed by atoms with Crippen LogP contribution in [0.5, 0.6) is 11.5 Å². The molecule has 1 aromatic carbocycles. The van der Waals surface area contributed by atoms with E-state index in [4.69, 9.17) is 11.6 Å². The van der Waals surface area contributed by atoms with Gasteiger partial charge in [0.25, 0.3) is 0 Å². The quantitative estimate of drug-likeness (QED) is 0.588. The summed E-state index contributed by atoms with van der Waals surface area (Å²) in [6, 6.07) is 7.74. The average Bonchev–Trinajstić information content (AvgIpc) is 2.35. The van der Waals surface area contributed by atoms with Crippen LogP contribution in [0.4, 0.5) is 5.69 Å². The summed E-state index contributed by atoms with van der Waals surface area (Å²) in [4.78, 5) is 3.96. The van der Waals surface area contributed by atoms with Crippen LogP contribution in [0.25, 0.3) is 0 Å². The van der Waals surface area contributed by atoms with Gasteiger partial charge >= 0.3 is 0 Å². The lowest BCUT2D eigenvalue weighted by Gasteiger charge is -2.16. The molecule has 18 heavy (non-hydrogen) atoms. The highest BCUT2D eigenvalue weighted by atomic mass is 35.5. The number of aromatic hydroxyl groups is 2. The zero-order chi connectivity index (χ0) is 13.1. The van der Waals surface area contributed by atoms with Crippen molar-refractivity contribution in [3.63, 3.8) is 0 Å². The van der Waals surface area contributed by atoms with Gasteiger partial charge in [0.05, 0.1) is 17.9 Å². The zero-order valence-corrected chi connectivity index (χ0v) is 10.5. The normalized spacial score (nSPS) is 12.1. The number of halogens is 1. The van der Waals surface area contributed by atoms with E-state index in [1.54, 1.807) is 18.3 Å². The van der Waals surface area contributed by atoms with Gasteiger partial charge in [-0.3, -0.25) is 0 Å². The monoisotopic (exact) mass is 264 g/mol. The Morgan fingerprint density at radius 3 is 2.67 bits per heavy atom. The van der Waals surface area contributed by atoms with Crippen LogP contribution in [0.2, 0.25) is 5.15 Å². The summed E-state index contributed by atoms with van der Waals surface area (Å²) < 4.78 is 0. The number of rotatable bonds is 3. The van der Waals surface area contributed by atoms with E-state index in [1.807, 2.05) is 6.92 Å². The van der Waals surface area contributed by atoms with Crippen molar-refractivity contribution >= 4 is 17.3 Å². The second-order valence-electron chi connectivity index (χ2n) is 3.98. The number of aromatic nitrogens is 1. The molecule has 0 amide bonds. The number of benzene rings is 1. The number of hydrogen-bond donors (Lipinski definition) is 3. The molecule has 4 nitrogen and oxygen atoms in total. The van der Waals surface area contributed by atoms with Crippen molar-refractivity contribution in [1.29, 1.82) is 0 Å². The van der Waals surface area contributed by atoms with Crippen LogP contribution in [0.3, 0.4) is 0 Å². The standard InChI is InChI=1S/C13H13ClN2O2/c1-8(11-6-10(17)3-4-12(11)18)16-9-2-5-13(14)15-7-9/h2-8,16-18H,1H3. The van der Waals surface area contributed by atoms with E-state index in [0.29, 0.717) is 10.7 Å². The molecule has 3 N–H and O–H groups in total. The largest absolute Gasteiger partial charge is 0.508 e. The van der Waals surface area contributed by atoms with Crippen molar-refractivity contribution in [3.05, 3.63) is 47.2 Å². The van der Waals surface area contributed by atoms with E-state index < -0.39 is 0 Å². The molecule has 2 aromatic rings. The second kappa shape index (κ2) is 5.14. The third-order valence-corrected chi connectivity index (χ3v) is 2.81. The Labute approximate surface area is 110 Å². The molecule has 1 aromatic heterocycles.